The maximum atomic E-state index is 11.7. The van der Waals surface area contributed by atoms with Crippen molar-refractivity contribution in [3.8, 4) is 5.75 Å². The summed E-state index contributed by atoms with van der Waals surface area (Å²) in [5.74, 6) is 3.89. The molecule has 3 atom stereocenters. The molecule has 0 spiro atoms. The highest BCUT2D eigenvalue weighted by Crippen LogP contribution is 2.52. The van der Waals surface area contributed by atoms with Gasteiger partial charge in [0.15, 0.2) is 0 Å². The monoisotopic (exact) mass is 457 g/mol. The van der Waals surface area contributed by atoms with E-state index in [1.807, 2.05) is 30.7 Å². The average molecular weight is 458 g/mol. The number of ether oxygens (including phenoxy) is 1. The number of aromatic nitrogens is 3. The molecule has 4 heterocycles. The summed E-state index contributed by atoms with van der Waals surface area (Å²) < 4.78 is 31.0. The Hall–Kier alpha value is -2.26. The zero-order valence-electron chi connectivity index (χ0n) is 18.7. The molecular weight excluding hydrogens is 426 g/mol. The van der Waals surface area contributed by atoms with Crippen LogP contribution in [0.1, 0.15) is 36.9 Å². The SMILES string of the molecule is CCc1cnc(N2C[C@@H]3C(COc4ccc(C5CCN(S(C)(=O)=O)CC5)nc4)[C@@H]3C2)nc1. The van der Waals surface area contributed by atoms with Crippen molar-refractivity contribution >= 4 is 16.0 Å². The van der Waals surface area contributed by atoms with Crippen LogP contribution in [0.2, 0.25) is 0 Å². The van der Waals surface area contributed by atoms with E-state index in [0.717, 1.165) is 56.4 Å². The van der Waals surface area contributed by atoms with Gasteiger partial charge in [-0.15, -0.1) is 0 Å². The minimum absolute atomic E-state index is 0.310. The molecule has 8 nitrogen and oxygen atoms in total. The van der Waals surface area contributed by atoms with Gasteiger partial charge < -0.3 is 9.64 Å². The van der Waals surface area contributed by atoms with E-state index in [4.69, 9.17) is 4.74 Å². The highest BCUT2D eigenvalue weighted by Gasteiger charge is 2.56. The van der Waals surface area contributed by atoms with E-state index in [1.165, 1.54) is 11.8 Å². The number of anilines is 1. The zero-order valence-corrected chi connectivity index (χ0v) is 19.5. The molecule has 0 radical (unpaired) electrons. The molecular formula is C23H31N5O3S. The molecule has 2 aromatic heterocycles. The van der Waals surface area contributed by atoms with E-state index in [1.54, 1.807) is 4.31 Å². The first-order chi connectivity index (χ1) is 15.4. The van der Waals surface area contributed by atoms with Crippen molar-refractivity contribution in [2.45, 2.75) is 32.1 Å². The molecule has 0 aromatic carbocycles. The van der Waals surface area contributed by atoms with Crippen molar-refractivity contribution in [2.75, 3.05) is 43.9 Å². The quantitative estimate of drug-likeness (QED) is 0.630. The lowest BCUT2D eigenvalue weighted by Crippen LogP contribution is -2.37. The summed E-state index contributed by atoms with van der Waals surface area (Å²) in [5.41, 5.74) is 2.20. The summed E-state index contributed by atoms with van der Waals surface area (Å²) in [7, 11) is -3.09. The Morgan fingerprint density at radius 3 is 2.28 bits per heavy atom. The Morgan fingerprint density at radius 1 is 1.03 bits per heavy atom. The van der Waals surface area contributed by atoms with Gasteiger partial charge in [0.05, 0.1) is 19.1 Å². The first-order valence-corrected chi connectivity index (χ1v) is 13.4. The van der Waals surface area contributed by atoms with E-state index < -0.39 is 10.0 Å². The summed E-state index contributed by atoms with van der Waals surface area (Å²) in [5, 5.41) is 0. The van der Waals surface area contributed by atoms with E-state index in [-0.39, 0.29) is 0 Å². The molecule has 1 aliphatic carbocycles. The molecule has 172 valence electrons. The maximum Gasteiger partial charge on any atom is 0.225 e. The van der Waals surface area contributed by atoms with Crippen LogP contribution in [-0.4, -0.2) is 66.7 Å². The van der Waals surface area contributed by atoms with Gasteiger partial charge in [-0.1, -0.05) is 6.92 Å². The highest BCUT2D eigenvalue weighted by molar-refractivity contribution is 7.88. The third-order valence-corrected chi connectivity index (χ3v) is 8.60. The van der Waals surface area contributed by atoms with Gasteiger partial charge in [0, 0.05) is 56.1 Å². The number of aryl methyl sites for hydroxylation is 1. The number of nitrogens with zero attached hydrogens (tertiary/aromatic N) is 5. The van der Waals surface area contributed by atoms with Crippen molar-refractivity contribution in [1.29, 1.82) is 0 Å². The second-order valence-electron chi connectivity index (χ2n) is 9.31. The van der Waals surface area contributed by atoms with Crippen LogP contribution in [0.25, 0.3) is 0 Å². The number of hydrogen-bond acceptors (Lipinski definition) is 7. The lowest BCUT2D eigenvalue weighted by Gasteiger charge is -2.29. The number of pyridine rings is 1. The van der Waals surface area contributed by atoms with Gasteiger partial charge in [0.1, 0.15) is 5.75 Å². The first-order valence-electron chi connectivity index (χ1n) is 11.5. The minimum Gasteiger partial charge on any atom is -0.492 e. The van der Waals surface area contributed by atoms with Gasteiger partial charge >= 0.3 is 0 Å². The Morgan fingerprint density at radius 2 is 1.72 bits per heavy atom. The van der Waals surface area contributed by atoms with Gasteiger partial charge in [0.25, 0.3) is 0 Å². The van der Waals surface area contributed by atoms with Crippen LogP contribution in [-0.2, 0) is 16.4 Å². The number of fused-ring (bicyclic) bond motifs is 1. The lowest BCUT2D eigenvalue weighted by molar-refractivity contribution is 0.281. The molecule has 32 heavy (non-hydrogen) atoms. The predicted octanol–water partition coefficient (Wildman–Crippen LogP) is 2.33. The van der Waals surface area contributed by atoms with Crippen LogP contribution in [0.15, 0.2) is 30.7 Å². The van der Waals surface area contributed by atoms with Crippen molar-refractivity contribution in [3.05, 3.63) is 42.0 Å². The van der Waals surface area contributed by atoms with Gasteiger partial charge in [-0.25, -0.2) is 22.7 Å². The largest absolute Gasteiger partial charge is 0.492 e. The fourth-order valence-corrected chi connectivity index (χ4v) is 6.02. The summed E-state index contributed by atoms with van der Waals surface area (Å²) in [6.45, 7) is 5.99. The number of piperidine rings is 2. The lowest BCUT2D eigenvalue weighted by atomic mass is 9.94. The normalized spacial score (nSPS) is 26.2. The molecule has 1 saturated carbocycles. The maximum absolute atomic E-state index is 11.7. The molecule has 9 heteroatoms. The van der Waals surface area contributed by atoms with Crippen molar-refractivity contribution in [1.82, 2.24) is 19.3 Å². The predicted molar refractivity (Wildman–Crippen MR) is 122 cm³/mol. The molecule has 2 aliphatic heterocycles. The molecule has 5 rings (SSSR count). The minimum atomic E-state index is -3.09. The molecule has 2 saturated heterocycles. The smallest absolute Gasteiger partial charge is 0.225 e. The second kappa shape index (κ2) is 8.59. The third-order valence-electron chi connectivity index (χ3n) is 7.30. The van der Waals surface area contributed by atoms with Crippen molar-refractivity contribution < 1.29 is 13.2 Å². The first kappa shape index (κ1) is 21.6. The van der Waals surface area contributed by atoms with Gasteiger partial charge in [-0.3, -0.25) is 4.98 Å². The Bertz CT molecular complexity index is 1020. The van der Waals surface area contributed by atoms with Gasteiger partial charge in [0.2, 0.25) is 16.0 Å². The molecule has 0 amide bonds. The standard InChI is InChI=1S/C23H31N5O3S/c1-3-16-10-25-23(26-11-16)27-13-19-20(14-27)21(19)15-31-18-4-5-22(24-12-18)17-6-8-28(9-7-17)32(2,29)30/h4-5,10-12,17,19-21H,3,6-9,13-15H2,1-2H3/t19-,20+,21?. The molecule has 3 aliphatic rings. The second-order valence-corrected chi connectivity index (χ2v) is 11.3. The molecule has 3 fully saturated rings. The molecule has 0 N–H and O–H groups in total. The topological polar surface area (TPSA) is 88.5 Å². The molecule has 1 unspecified atom stereocenters. The summed E-state index contributed by atoms with van der Waals surface area (Å²) in [6, 6.07) is 4.03. The fraction of sp³-hybridized carbons (Fsp3) is 0.609. The van der Waals surface area contributed by atoms with E-state index in [9.17, 15) is 8.42 Å². The van der Waals surface area contributed by atoms with Crippen LogP contribution in [0.5, 0.6) is 5.75 Å². The summed E-state index contributed by atoms with van der Waals surface area (Å²) >= 11 is 0. The number of sulfonamides is 1. The Labute approximate surface area is 190 Å². The van der Waals surface area contributed by atoms with Gasteiger partial charge in [-0.05, 0) is 48.8 Å². The van der Waals surface area contributed by atoms with Gasteiger partial charge in [-0.2, -0.15) is 0 Å². The number of hydrogen-bond donors (Lipinski definition) is 0. The van der Waals surface area contributed by atoms with E-state index >= 15 is 0 Å². The van der Waals surface area contributed by atoms with Crippen LogP contribution < -0.4 is 9.64 Å². The fourth-order valence-electron chi connectivity index (χ4n) is 5.15. The van der Waals surface area contributed by atoms with E-state index in [0.29, 0.717) is 36.8 Å². The Balaban J connectivity index is 1.07. The van der Waals surface area contributed by atoms with E-state index in [2.05, 4.69) is 26.8 Å². The average Bonchev–Trinajstić information content (AvgIpc) is 3.26. The molecule has 2 aromatic rings. The van der Waals surface area contributed by atoms with Crippen molar-refractivity contribution in [2.24, 2.45) is 17.8 Å². The van der Waals surface area contributed by atoms with Crippen molar-refractivity contribution in [3.63, 3.8) is 0 Å². The Kier molecular flexibility index (Phi) is 5.79. The summed E-state index contributed by atoms with van der Waals surface area (Å²) in [4.78, 5) is 15.9. The van der Waals surface area contributed by atoms with Crippen LogP contribution in [0.3, 0.4) is 0 Å². The van der Waals surface area contributed by atoms with Crippen LogP contribution >= 0.6 is 0 Å². The third kappa shape index (κ3) is 4.45. The highest BCUT2D eigenvalue weighted by atomic mass is 32.2. The zero-order chi connectivity index (χ0) is 22.3. The van der Waals surface area contributed by atoms with Crippen LogP contribution in [0.4, 0.5) is 5.95 Å². The summed E-state index contributed by atoms with van der Waals surface area (Å²) in [6.07, 6.45) is 9.53. The number of rotatable bonds is 7. The molecule has 0 bridgehead atoms. The van der Waals surface area contributed by atoms with Crippen LogP contribution in [0, 0.1) is 17.8 Å².